The fraction of sp³-hybridized carbons (Fsp3) is 0.500. The summed E-state index contributed by atoms with van der Waals surface area (Å²) in [6.45, 7) is 0. The Labute approximate surface area is 113 Å². The Morgan fingerprint density at radius 3 is 2.72 bits per heavy atom. The number of anilines is 1. The predicted molar refractivity (Wildman–Crippen MR) is 74.7 cm³/mol. The smallest absolute Gasteiger partial charge is 0.226 e. The summed E-state index contributed by atoms with van der Waals surface area (Å²) in [7, 11) is 0. The van der Waals surface area contributed by atoms with Crippen molar-refractivity contribution in [3.63, 3.8) is 0 Å². The summed E-state index contributed by atoms with van der Waals surface area (Å²) < 4.78 is 0. The number of rotatable bonds is 3. The summed E-state index contributed by atoms with van der Waals surface area (Å²) >= 11 is 5.87. The van der Waals surface area contributed by atoms with E-state index < -0.39 is 0 Å². The van der Waals surface area contributed by atoms with E-state index in [0.29, 0.717) is 11.4 Å². The fourth-order valence-electron chi connectivity index (χ4n) is 2.52. The molecule has 0 unspecified atom stereocenters. The SMILES string of the molecule is NC1(CC(=O)Nc2cccc(Cl)c2)CCCCC1. The van der Waals surface area contributed by atoms with Crippen molar-refractivity contribution < 1.29 is 4.79 Å². The van der Waals surface area contributed by atoms with Crippen LogP contribution < -0.4 is 11.1 Å². The number of hydrogen-bond donors (Lipinski definition) is 2. The molecule has 1 aliphatic carbocycles. The Kier molecular flexibility index (Phi) is 4.25. The van der Waals surface area contributed by atoms with Crippen LogP contribution in [0.2, 0.25) is 5.02 Å². The van der Waals surface area contributed by atoms with E-state index >= 15 is 0 Å². The van der Waals surface area contributed by atoms with Crippen molar-refractivity contribution in [3.05, 3.63) is 29.3 Å². The molecule has 0 atom stereocenters. The maximum absolute atomic E-state index is 12.0. The minimum absolute atomic E-state index is 0.0262. The Hall–Kier alpha value is -1.06. The monoisotopic (exact) mass is 266 g/mol. The fourth-order valence-corrected chi connectivity index (χ4v) is 2.71. The number of hydrogen-bond acceptors (Lipinski definition) is 2. The molecule has 1 aromatic carbocycles. The van der Waals surface area contributed by atoms with Gasteiger partial charge in [-0.3, -0.25) is 4.79 Å². The van der Waals surface area contributed by atoms with E-state index in [1.54, 1.807) is 12.1 Å². The molecule has 98 valence electrons. The van der Waals surface area contributed by atoms with Gasteiger partial charge in [0.1, 0.15) is 0 Å². The summed E-state index contributed by atoms with van der Waals surface area (Å²) in [5, 5.41) is 3.47. The third-order valence-corrected chi connectivity index (χ3v) is 3.71. The van der Waals surface area contributed by atoms with Crippen LogP contribution in [0.4, 0.5) is 5.69 Å². The van der Waals surface area contributed by atoms with Gasteiger partial charge in [-0.2, -0.15) is 0 Å². The Bertz CT molecular complexity index is 428. The molecular weight excluding hydrogens is 248 g/mol. The molecule has 3 nitrogen and oxygen atoms in total. The van der Waals surface area contributed by atoms with E-state index in [9.17, 15) is 4.79 Å². The third-order valence-electron chi connectivity index (χ3n) is 3.47. The molecule has 0 spiro atoms. The van der Waals surface area contributed by atoms with Crippen LogP contribution in [0.15, 0.2) is 24.3 Å². The molecule has 2 rings (SSSR count). The lowest BCUT2D eigenvalue weighted by atomic mass is 9.80. The van der Waals surface area contributed by atoms with Gasteiger partial charge in [-0.15, -0.1) is 0 Å². The lowest BCUT2D eigenvalue weighted by Gasteiger charge is -2.32. The van der Waals surface area contributed by atoms with Gasteiger partial charge in [0.05, 0.1) is 0 Å². The maximum atomic E-state index is 12.0. The topological polar surface area (TPSA) is 55.1 Å². The molecule has 1 fully saturated rings. The van der Waals surface area contributed by atoms with Crippen molar-refractivity contribution in [2.24, 2.45) is 5.73 Å². The summed E-state index contributed by atoms with van der Waals surface area (Å²) in [6, 6.07) is 7.16. The summed E-state index contributed by atoms with van der Waals surface area (Å²) in [4.78, 5) is 12.0. The van der Waals surface area contributed by atoms with E-state index in [1.165, 1.54) is 6.42 Å². The van der Waals surface area contributed by atoms with Gasteiger partial charge in [0.15, 0.2) is 0 Å². The first kappa shape index (κ1) is 13.4. The zero-order valence-electron chi connectivity index (χ0n) is 10.4. The average molecular weight is 267 g/mol. The quantitative estimate of drug-likeness (QED) is 0.882. The van der Waals surface area contributed by atoms with Crippen LogP contribution >= 0.6 is 11.6 Å². The van der Waals surface area contributed by atoms with Crippen LogP contribution in [0.3, 0.4) is 0 Å². The average Bonchev–Trinajstić information content (AvgIpc) is 2.28. The second-order valence-corrected chi connectivity index (χ2v) is 5.59. The first-order chi connectivity index (χ1) is 8.57. The number of nitrogens with two attached hydrogens (primary N) is 1. The largest absolute Gasteiger partial charge is 0.326 e. The zero-order valence-corrected chi connectivity index (χ0v) is 11.2. The van der Waals surface area contributed by atoms with Gasteiger partial charge in [-0.25, -0.2) is 0 Å². The Morgan fingerprint density at radius 2 is 2.06 bits per heavy atom. The zero-order chi connectivity index (χ0) is 13.0. The molecule has 0 saturated heterocycles. The standard InChI is InChI=1S/C14H19ClN2O/c15-11-5-4-6-12(9-11)17-13(18)10-14(16)7-2-1-3-8-14/h4-6,9H,1-3,7-8,10,16H2,(H,17,18). The highest BCUT2D eigenvalue weighted by atomic mass is 35.5. The van der Waals surface area contributed by atoms with Crippen LogP contribution in [-0.4, -0.2) is 11.4 Å². The van der Waals surface area contributed by atoms with Crippen molar-refractivity contribution in [2.45, 2.75) is 44.1 Å². The van der Waals surface area contributed by atoms with Crippen LogP contribution in [-0.2, 0) is 4.79 Å². The summed E-state index contributed by atoms with van der Waals surface area (Å²) in [5.41, 5.74) is 6.67. The van der Waals surface area contributed by atoms with Crippen LogP contribution in [0, 0.1) is 0 Å². The Morgan fingerprint density at radius 1 is 1.33 bits per heavy atom. The summed E-state index contributed by atoms with van der Waals surface area (Å²) in [5.74, 6) is -0.0262. The van der Waals surface area contributed by atoms with E-state index in [4.69, 9.17) is 17.3 Å². The number of carbonyl (C=O) groups is 1. The lowest BCUT2D eigenvalue weighted by molar-refractivity contribution is -0.117. The normalized spacial score (nSPS) is 18.3. The number of carbonyl (C=O) groups excluding carboxylic acids is 1. The lowest BCUT2D eigenvalue weighted by Crippen LogP contribution is -2.44. The molecule has 4 heteroatoms. The molecule has 0 radical (unpaired) electrons. The van der Waals surface area contributed by atoms with Crippen molar-refractivity contribution in [1.29, 1.82) is 0 Å². The first-order valence-electron chi connectivity index (χ1n) is 6.42. The van der Waals surface area contributed by atoms with Crippen molar-refractivity contribution in [2.75, 3.05) is 5.32 Å². The Balaban J connectivity index is 1.92. The van der Waals surface area contributed by atoms with Gasteiger partial charge in [0.2, 0.25) is 5.91 Å². The van der Waals surface area contributed by atoms with Crippen LogP contribution in [0.25, 0.3) is 0 Å². The number of nitrogens with one attached hydrogen (secondary N) is 1. The second kappa shape index (κ2) is 5.72. The summed E-state index contributed by atoms with van der Waals surface area (Å²) in [6.07, 6.45) is 5.75. The van der Waals surface area contributed by atoms with E-state index in [1.807, 2.05) is 12.1 Å². The number of benzene rings is 1. The molecule has 1 saturated carbocycles. The highest BCUT2D eigenvalue weighted by Gasteiger charge is 2.29. The van der Waals surface area contributed by atoms with Gasteiger partial charge in [0, 0.05) is 22.7 Å². The highest BCUT2D eigenvalue weighted by molar-refractivity contribution is 6.30. The molecule has 0 heterocycles. The van der Waals surface area contributed by atoms with Crippen LogP contribution in [0.1, 0.15) is 38.5 Å². The molecule has 1 aliphatic rings. The van der Waals surface area contributed by atoms with Gasteiger partial charge < -0.3 is 11.1 Å². The maximum Gasteiger partial charge on any atom is 0.226 e. The van der Waals surface area contributed by atoms with Crippen molar-refractivity contribution in [1.82, 2.24) is 0 Å². The van der Waals surface area contributed by atoms with E-state index in [2.05, 4.69) is 5.32 Å². The molecule has 3 N–H and O–H groups in total. The van der Waals surface area contributed by atoms with E-state index in [0.717, 1.165) is 31.4 Å². The van der Waals surface area contributed by atoms with Gasteiger partial charge in [0.25, 0.3) is 0 Å². The molecule has 1 aromatic rings. The third kappa shape index (κ3) is 3.72. The van der Waals surface area contributed by atoms with E-state index in [-0.39, 0.29) is 11.4 Å². The molecule has 1 amide bonds. The molecule has 0 bridgehead atoms. The molecular formula is C14H19ClN2O. The minimum Gasteiger partial charge on any atom is -0.326 e. The van der Waals surface area contributed by atoms with Crippen molar-refractivity contribution in [3.8, 4) is 0 Å². The molecule has 0 aromatic heterocycles. The van der Waals surface area contributed by atoms with Gasteiger partial charge >= 0.3 is 0 Å². The number of halogens is 1. The number of amides is 1. The first-order valence-corrected chi connectivity index (χ1v) is 6.80. The molecule has 0 aliphatic heterocycles. The minimum atomic E-state index is -0.319. The van der Waals surface area contributed by atoms with Crippen LogP contribution in [0.5, 0.6) is 0 Å². The second-order valence-electron chi connectivity index (χ2n) is 5.16. The van der Waals surface area contributed by atoms with Gasteiger partial charge in [-0.1, -0.05) is 36.9 Å². The van der Waals surface area contributed by atoms with Crippen molar-refractivity contribution >= 4 is 23.2 Å². The van der Waals surface area contributed by atoms with Gasteiger partial charge in [-0.05, 0) is 31.0 Å². The molecule has 18 heavy (non-hydrogen) atoms. The predicted octanol–water partition coefficient (Wildman–Crippen LogP) is 3.33. The highest BCUT2D eigenvalue weighted by Crippen LogP contribution is 2.29.